The maximum atomic E-state index is 12.0. The van der Waals surface area contributed by atoms with Crippen molar-refractivity contribution in [1.29, 1.82) is 0 Å². The normalized spacial score (nSPS) is 25.5. The van der Waals surface area contributed by atoms with Crippen molar-refractivity contribution in [2.45, 2.75) is 32.5 Å². The van der Waals surface area contributed by atoms with Crippen LogP contribution in [0.25, 0.3) is 0 Å². The highest BCUT2D eigenvalue weighted by atomic mass is 31.2. The number of hydrogen-bond donors (Lipinski definition) is 3. The van der Waals surface area contributed by atoms with Crippen molar-refractivity contribution >= 4 is 19.3 Å². The molecule has 1 saturated heterocycles. The molecule has 1 fully saturated rings. The van der Waals surface area contributed by atoms with Crippen LogP contribution in [0.2, 0.25) is 0 Å². The summed E-state index contributed by atoms with van der Waals surface area (Å²) in [5.74, 6) is -0.355. The fourth-order valence-electron chi connectivity index (χ4n) is 1.96. The average molecular weight is 360 g/mol. The lowest BCUT2D eigenvalue weighted by Crippen LogP contribution is -2.40. The summed E-state index contributed by atoms with van der Waals surface area (Å²) >= 11 is 0. The van der Waals surface area contributed by atoms with Gasteiger partial charge < -0.3 is 25.2 Å². The SMILES string of the molecule is CC(C)C(N)C(=O)Nc1ccn(C[C@H]2COP(=O)(O)CO2)c(=O)n1. The molecule has 11 heteroatoms. The summed E-state index contributed by atoms with van der Waals surface area (Å²) in [5.41, 5.74) is 5.13. The first-order valence-corrected chi connectivity index (χ1v) is 9.16. The molecule has 0 radical (unpaired) electrons. The lowest BCUT2D eigenvalue weighted by Gasteiger charge is -2.26. The molecule has 0 spiro atoms. The lowest BCUT2D eigenvalue weighted by molar-refractivity contribution is -0.118. The first kappa shape index (κ1) is 18.8. The number of amides is 1. The Labute approximate surface area is 138 Å². The highest BCUT2D eigenvalue weighted by molar-refractivity contribution is 7.52. The zero-order valence-electron chi connectivity index (χ0n) is 13.4. The highest BCUT2D eigenvalue weighted by Gasteiger charge is 2.30. The molecular formula is C13H21N4O6P. The van der Waals surface area contributed by atoms with Gasteiger partial charge in [-0.05, 0) is 12.0 Å². The van der Waals surface area contributed by atoms with Crippen LogP contribution in [0.15, 0.2) is 17.1 Å². The average Bonchev–Trinajstić information content (AvgIpc) is 2.50. The molecule has 3 atom stereocenters. The van der Waals surface area contributed by atoms with Crippen molar-refractivity contribution in [3.63, 3.8) is 0 Å². The number of anilines is 1. The Morgan fingerprint density at radius 1 is 1.62 bits per heavy atom. The summed E-state index contributed by atoms with van der Waals surface area (Å²) in [7, 11) is -3.67. The van der Waals surface area contributed by atoms with Gasteiger partial charge in [0.15, 0.2) is 0 Å². The Bertz CT molecular complexity index is 694. The van der Waals surface area contributed by atoms with Crippen LogP contribution in [-0.2, 0) is 25.2 Å². The highest BCUT2D eigenvalue weighted by Crippen LogP contribution is 2.44. The maximum Gasteiger partial charge on any atom is 0.353 e. The molecule has 0 bridgehead atoms. The molecule has 1 aliphatic rings. The number of nitrogens with two attached hydrogens (primary N) is 1. The number of aromatic nitrogens is 2. The van der Waals surface area contributed by atoms with Gasteiger partial charge in [0.25, 0.3) is 0 Å². The van der Waals surface area contributed by atoms with Gasteiger partial charge in [-0.3, -0.25) is 13.9 Å². The molecule has 2 unspecified atom stereocenters. The molecule has 4 N–H and O–H groups in total. The second kappa shape index (κ2) is 7.54. The van der Waals surface area contributed by atoms with E-state index < -0.39 is 37.7 Å². The summed E-state index contributed by atoms with van der Waals surface area (Å²) < 4.78 is 22.5. The van der Waals surface area contributed by atoms with Gasteiger partial charge in [0, 0.05) is 6.20 Å². The van der Waals surface area contributed by atoms with Gasteiger partial charge in [0.2, 0.25) is 5.91 Å². The fourth-order valence-corrected chi connectivity index (χ4v) is 2.83. The predicted molar refractivity (Wildman–Crippen MR) is 85.5 cm³/mol. The topological polar surface area (TPSA) is 146 Å². The third kappa shape index (κ3) is 4.96. The Hall–Kier alpha value is -1.58. The molecular weight excluding hydrogens is 339 g/mol. The van der Waals surface area contributed by atoms with Crippen molar-refractivity contribution in [2.24, 2.45) is 11.7 Å². The van der Waals surface area contributed by atoms with E-state index in [1.54, 1.807) is 0 Å². The molecule has 2 heterocycles. The third-order valence-corrected chi connectivity index (χ3v) is 4.51. The fraction of sp³-hybridized carbons (Fsp3) is 0.615. The van der Waals surface area contributed by atoms with Crippen LogP contribution in [0.3, 0.4) is 0 Å². The molecule has 1 amide bonds. The quantitative estimate of drug-likeness (QED) is 0.608. The molecule has 24 heavy (non-hydrogen) atoms. The van der Waals surface area contributed by atoms with E-state index in [4.69, 9.17) is 15.0 Å². The van der Waals surface area contributed by atoms with E-state index >= 15 is 0 Å². The van der Waals surface area contributed by atoms with Crippen LogP contribution < -0.4 is 16.7 Å². The Kier molecular flexibility index (Phi) is 5.89. The van der Waals surface area contributed by atoms with E-state index in [0.717, 1.165) is 0 Å². The van der Waals surface area contributed by atoms with Crippen LogP contribution in [-0.4, -0.2) is 45.5 Å². The molecule has 0 aliphatic carbocycles. The Morgan fingerprint density at radius 3 is 2.88 bits per heavy atom. The Morgan fingerprint density at radius 2 is 2.33 bits per heavy atom. The van der Waals surface area contributed by atoms with Gasteiger partial charge in [-0.15, -0.1) is 0 Å². The summed E-state index contributed by atoms with van der Waals surface area (Å²) in [6.45, 7) is 3.65. The molecule has 134 valence electrons. The summed E-state index contributed by atoms with van der Waals surface area (Å²) in [4.78, 5) is 36.8. The number of nitrogens with zero attached hydrogens (tertiary/aromatic N) is 2. The largest absolute Gasteiger partial charge is 0.361 e. The van der Waals surface area contributed by atoms with E-state index in [1.807, 2.05) is 13.8 Å². The standard InChI is InChI=1S/C13H21N4O6P/c1-8(2)11(14)12(18)15-10-3-4-17(13(19)16-10)5-9-6-23-24(20,21)7-22-9/h3-4,8-9,11H,5-7,14H2,1-2H3,(H,20,21)(H,15,16,18,19)/t9-,11?/m0/s1. The van der Waals surface area contributed by atoms with Gasteiger partial charge in [0.05, 0.1) is 19.2 Å². The molecule has 1 aliphatic heterocycles. The minimum absolute atomic E-state index is 0.0451. The smallest absolute Gasteiger partial charge is 0.353 e. The molecule has 10 nitrogen and oxygen atoms in total. The third-order valence-electron chi connectivity index (χ3n) is 3.48. The van der Waals surface area contributed by atoms with Gasteiger partial charge in [-0.2, -0.15) is 4.98 Å². The molecule has 2 rings (SSSR count). The van der Waals surface area contributed by atoms with Crippen molar-refractivity contribution in [1.82, 2.24) is 9.55 Å². The summed E-state index contributed by atoms with van der Waals surface area (Å²) in [6.07, 6.45) is 0.497. The molecule has 1 aromatic heterocycles. The predicted octanol–water partition coefficient (Wildman–Crippen LogP) is -0.277. The summed E-state index contributed by atoms with van der Waals surface area (Å²) in [6, 6.07) is 0.767. The number of carbonyl (C=O) groups is 1. The second-order valence-electron chi connectivity index (χ2n) is 5.86. The van der Waals surface area contributed by atoms with E-state index in [9.17, 15) is 19.0 Å². The minimum atomic E-state index is -3.67. The van der Waals surface area contributed by atoms with Crippen LogP contribution in [0, 0.1) is 5.92 Å². The first-order chi connectivity index (χ1) is 11.2. The zero-order valence-corrected chi connectivity index (χ0v) is 14.3. The monoisotopic (exact) mass is 360 g/mol. The summed E-state index contributed by atoms with van der Waals surface area (Å²) in [5, 5.41) is 2.49. The van der Waals surface area contributed by atoms with E-state index in [2.05, 4.69) is 10.3 Å². The van der Waals surface area contributed by atoms with E-state index in [0.29, 0.717) is 0 Å². The molecule has 1 aromatic rings. The second-order valence-corrected chi connectivity index (χ2v) is 7.65. The molecule has 0 saturated carbocycles. The van der Waals surface area contributed by atoms with Crippen LogP contribution >= 0.6 is 7.60 Å². The van der Waals surface area contributed by atoms with E-state index in [-0.39, 0.29) is 24.9 Å². The number of ether oxygens (including phenoxy) is 1. The maximum absolute atomic E-state index is 12.0. The number of rotatable bonds is 5. The van der Waals surface area contributed by atoms with Crippen LogP contribution in [0.4, 0.5) is 5.82 Å². The van der Waals surface area contributed by atoms with Gasteiger partial charge >= 0.3 is 13.3 Å². The number of nitrogens with one attached hydrogen (secondary N) is 1. The molecule has 0 aromatic carbocycles. The Balaban J connectivity index is 1.99. The minimum Gasteiger partial charge on any atom is -0.361 e. The number of hydrogen-bond acceptors (Lipinski definition) is 7. The van der Waals surface area contributed by atoms with E-state index in [1.165, 1.54) is 16.8 Å². The number of carbonyl (C=O) groups excluding carboxylic acids is 1. The van der Waals surface area contributed by atoms with Gasteiger partial charge in [-0.25, -0.2) is 4.79 Å². The van der Waals surface area contributed by atoms with Crippen LogP contribution in [0.1, 0.15) is 13.8 Å². The first-order valence-electron chi connectivity index (χ1n) is 7.40. The van der Waals surface area contributed by atoms with Crippen molar-refractivity contribution in [3.05, 3.63) is 22.7 Å². The van der Waals surface area contributed by atoms with Gasteiger partial charge in [0.1, 0.15) is 18.3 Å². The van der Waals surface area contributed by atoms with Gasteiger partial charge in [-0.1, -0.05) is 13.8 Å². The van der Waals surface area contributed by atoms with Crippen LogP contribution in [0.5, 0.6) is 0 Å². The van der Waals surface area contributed by atoms with Crippen molar-refractivity contribution in [3.8, 4) is 0 Å². The van der Waals surface area contributed by atoms with Crippen molar-refractivity contribution < 1.29 is 23.5 Å². The van der Waals surface area contributed by atoms with Crippen molar-refractivity contribution in [2.75, 3.05) is 18.3 Å². The zero-order chi connectivity index (χ0) is 17.9. The lowest BCUT2D eigenvalue weighted by atomic mass is 10.1.